The summed E-state index contributed by atoms with van der Waals surface area (Å²) in [6.07, 6.45) is 0.470. The summed E-state index contributed by atoms with van der Waals surface area (Å²) in [7, 11) is 1.80. The average Bonchev–Trinajstić information content (AvgIpc) is 3.14. The Morgan fingerprint density at radius 2 is 2.21 bits per heavy atom. The number of halogens is 1. The maximum atomic E-state index is 13.2. The van der Waals surface area contributed by atoms with Crippen LogP contribution in [0.15, 0.2) is 29.6 Å². The predicted octanol–water partition coefficient (Wildman–Crippen LogP) is 2.67. The van der Waals surface area contributed by atoms with Gasteiger partial charge in [0.2, 0.25) is 0 Å². The molecule has 0 aliphatic rings. The van der Waals surface area contributed by atoms with E-state index in [9.17, 15) is 9.18 Å². The summed E-state index contributed by atoms with van der Waals surface area (Å²) in [5.41, 5.74) is 1.05. The molecule has 0 saturated carbocycles. The number of thiazole rings is 1. The lowest BCUT2D eigenvalue weighted by Crippen LogP contribution is -2.09. The molecular weight excluding hydrogens is 331 g/mol. The molecule has 0 saturated heterocycles. The zero-order chi connectivity index (χ0) is 17.1. The minimum Gasteiger partial charge on any atom is -0.453 e. The normalized spacial score (nSPS) is 10.8. The molecule has 0 unspecified atom stereocenters. The Balaban J connectivity index is 1.62. The third-order valence-corrected chi connectivity index (χ3v) is 4.37. The van der Waals surface area contributed by atoms with E-state index in [2.05, 4.69) is 15.2 Å². The van der Waals surface area contributed by atoms with Crippen LogP contribution in [0.5, 0.6) is 0 Å². The summed E-state index contributed by atoms with van der Waals surface area (Å²) in [6, 6.07) is 6.31. The van der Waals surface area contributed by atoms with E-state index in [-0.39, 0.29) is 18.1 Å². The summed E-state index contributed by atoms with van der Waals surface area (Å²) < 4.78 is 20.2. The molecule has 2 heterocycles. The molecule has 6 nitrogen and oxygen atoms in total. The van der Waals surface area contributed by atoms with E-state index in [1.165, 1.54) is 23.5 Å². The first-order valence-electron chi connectivity index (χ1n) is 7.24. The summed E-state index contributed by atoms with van der Waals surface area (Å²) in [5.74, 6) is 0.503. The van der Waals surface area contributed by atoms with Crippen LogP contribution >= 0.6 is 11.3 Å². The van der Waals surface area contributed by atoms with Crippen molar-refractivity contribution in [2.75, 3.05) is 0 Å². The second-order valence-electron chi connectivity index (χ2n) is 5.23. The van der Waals surface area contributed by atoms with Gasteiger partial charge in [0.1, 0.15) is 11.6 Å². The van der Waals surface area contributed by atoms with E-state index in [1.54, 1.807) is 23.1 Å². The van der Waals surface area contributed by atoms with Gasteiger partial charge in [-0.1, -0.05) is 12.1 Å². The molecule has 0 amide bonds. The number of aryl methyl sites for hydroxylation is 1. The molecule has 0 radical (unpaired) electrons. The van der Waals surface area contributed by atoms with Crippen LogP contribution in [0.4, 0.5) is 4.39 Å². The lowest BCUT2D eigenvalue weighted by molar-refractivity contribution is 0.0452. The summed E-state index contributed by atoms with van der Waals surface area (Å²) in [6.45, 7) is 1.85. The molecule has 8 heteroatoms. The van der Waals surface area contributed by atoms with Gasteiger partial charge in [0.15, 0.2) is 18.1 Å². The maximum absolute atomic E-state index is 13.2. The van der Waals surface area contributed by atoms with Gasteiger partial charge in [-0.25, -0.2) is 14.2 Å². The third kappa shape index (κ3) is 3.65. The molecule has 0 fully saturated rings. The Hall–Kier alpha value is -2.61. The van der Waals surface area contributed by atoms with E-state index >= 15 is 0 Å². The molecule has 3 aromatic rings. The Morgan fingerprint density at radius 3 is 2.92 bits per heavy atom. The highest BCUT2D eigenvalue weighted by Gasteiger charge is 2.14. The molecule has 0 bridgehead atoms. The monoisotopic (exact) mass is 346 g/mol. The first-order chi connectivity index (χ1) is 11.5. The van der Waals surface area contributed by atoms with Gasteiger partial charge in [0, 0.05) is 18.8 Å². The van der Waals surface area contributed by atoms with Crippen molar-refractivity contribution in [3.63, 3.8) is 0 Å². The van der Waals surface area contributed by atoms with Crippen LogP contribution in [0.3, 0.4) is 0 Å². The summed E-state index contributed by atoms with van der Waals surface area (Å²) in [5, 5.41) is 10.2. The number of nitrogens with zero attached hydrogens (tertiary/aromatic N) is 4. The third-order valence-electron chi connectivity index (χ3n) is 3.52. The summed E-state index contributed by atoms with van der Waals surface area (Å²) >= 11 is 1.34. The van der Waals surface area contributed by atoms with Crippen molar-refractivity contribution < 1.29 is 13.9 Å². The van der Waals surface area contributed by atoms with Gasteiger partial charge in [-0.2, -0.15) is 0 Å². The highest BCUT2D eigenvalue weighted by Crippen LogP contribution is 2.16. The molecule has 3 rings (SSSR count). The van der Waals surface area contributed by atoms with Crippen LogP contribution < -0.4 is 0 Å². The molecule has 0 aliphatic heterocycles. The minimum atomic E-state index is -0.516. The van der Waals surface area contributed by atoms with Crippen molar-refractivity contribution in [2.24, 2.45) is 7.05 Å². The molecule has 0 atom stereocenters. The number of esters is 1. The number of hydrogen-bond acceptors (Lipinski definition) is 6. The number of aromatic nitrogens is 4. The number of hydrogen-bond donors (Lipinski definition) is 0. The van der Waals surface area contributed by atoms with Gasteiger partial charge < -0.3 is 9.30 Å². The van der Waals surface area contributed by atoms with Crippen LogP contribution in [-0.4, -0.2) is 25.7 Å². The van der Waals surface area contributed by atoms with Gasteiger partial charge in [-0.05, 0) is 24.6 Å². The van der Waals surface area contributed by atoms with Crippen molar-refractivity contribution >= 4 is 17.3 Å². The number of rotatable bonds is 5. The number of ether oxygens (including phenoxy) is 1. The zero-order valence-corrected chi connectivity index (χ0v) is 14.0. The Kier molecular flexibility index (Phi) is 4.66. The first kappa shape index (κ1) is 16.3. The molecule has 2 aromatic heterocycles. The molecule has 0 spiro atoms. The standard InChI is InChI=1S/C16H15FN4O2S/c1-10-19-20-14(21(10)2)8-23-16(22)13-9-24-15(18-13)7-11-4-3-5-12(17)6-11/h3-6,9H,7-8H2,1-2H3. The molecule has 1 aromatic carbocycles. The molecule has 0 aliphatic carbocycles. The van der Waals surface area contributed by atoms with Gasteiger partial charge in [0.25, 0.3) is 0 Å². The van der Waals surface area contributed by atoms with Crippen molar-refractivity contribution in [2.45, 2.75) is 20.0 Å². The Bertz CT molecular complexity index is 875. The lowest BCUT2D eigenvalue weighted by Gasteiger charge is -2.03. The van der Waals surface area contributed by atoms with Gasteiger partial charge in [0.05, 0.1) is 5.01 Å². The second-order valence-corrected chi connectivity index (χ2v) is 6.17. The predicted molar refractivity (Wildman–Crippen MR) is 86.2 cm³/mol. The molecule has 124 valence electrons. The average molecular weight is 346 g/mol. The quantitative estimate of drug-likeness (QED) is 0.664. The van der Waals surface area contributed by atoms with Crippen LogP contribution in [0.25, 0.3) is 0 Å². The summed E-state index contributed by atoms with van der Waals surface area (Å²) in [4.78, 5) is 16.3. The van der Waals surface area contributed by atoms with Crippen LogP contribution in [0, 0.1) is 12.7 Å². The molecular formula is C16H15FN4O2S. The van der Waals surface area contributed by atoms with Crippen LogP contribution in [-0.2, 0) is 24.8 Å². The van der Waals surface area contributed by atoms with Crippen molar-refractivity contribution in [1.29, 1.82) is 0 Å². The van der Waals surface area contributed by atoms with Gasteiger partial charge in [-0.3, -0.25) is 0 Å². The lowest BCUT2D eigenvalue weighted by atomic mass is 10.1. The fourth-order valence-electron chi connectivity index (χ4n) is 2.09. The van der Waals surface area contributed by atoms with Gasteiger partial charge in [-0.15, -0.1) is 21.5 Å². The van der Waals surface area contributed by atoms with Crippen molar-refractivity contribution in [3.8, 4) is 0 Å². The topological polar surface area (TPSA) is 69.9 Å². The fourth-order valence-corrected chi connectivity index (χ4v) is 2.89. The zero-order valence-electron chi connectivity index (χ0n) is 13.2. The highest BCUT2D eigenvalue weighted by molar-refractivity contribution is 7.09. The molecule has 24 heavy (non-hydrogen) atoms. The van der Waals surface area contributed by atoms with Crippen LogP contribution in [0.1, 0.15) is 32.7 Å². The first-order valence-corrected chi connectivity index (χ1v) is 8.11. The van der Waals surface area contributed by atoms with E-state index < -0.39 is 5.97 Å². The van der Waals surface area contributed by atoms with Crippen molar-refractivity contribution in [1.82, 2.24) is 19.7 Å². The molecule has 0 N–H and O–H groups in total. The second kappa shape index (κ2) is 6.88. The van der Waals surface area contributed by atoms with Crippen molar-refractivity contribution in [3.05, 3.63) is 63.4 Å². The van der Waals surface area contributed by atoms with E-state index in [0.29, 0.717) is 12.2 Å². The van der Waals surface area contributed by atoms with E-state index in [4.69, 9.17) is 4.74 Å². The number of carbonyl (C=O) groups excluding carboxylic acids is 1. The number of carbonyl (C=O) groups is 1. The Labute approximate surface area is 141 Å². The largest absolute Gasteiger partial charge is 0.453 e. The van der Waals surface area contributed by atoms with Gasteiger partial charge >= 0.3 is 5.97 Å². The maximum Gasteiger partial charge on any atom is 0.358 e. The Morgan fingerprint density at radius 1 is 1.38 bits per heavy atom. The fraction of sp³-hybridized carbons (Fsp3) is 0.250. The minimum absolute atomic E-state index is 0.0347. The smallest absolute Gasteiger partial charge is 0.358 e. The highest BCUT2D eigenvalue weighted by atomic mass is 32.1. The van der Waals surface area contributed by atoms with E-state index in [0.717, 1.165) is 16.4 Å². The number of benzene rings is 1. The van der Waals surface area contributed by atoms with Crippen LogP contribution in [0.2, 0.25) is 0 Å². The van der Waals surface area contributed by atoms with E-state index in [1.807, 2.05) is 13.0 Å². The SMILES string of the molecule is Cc1nnc(COC(=O)c2csc(Cc3cccc(F)c3)n2)n1C.